The first kappa shape index (κ1) is 23.9. The first-order chi connectivity index (χ1) is 12.9. The quantitative estimate of drug-likeness (QED) is 0.721. The number of likely N-dealkylation sites (N-methyl/N-ethyl adjacent to an activating group) is 1. The fraction of sp³-hybridized carbons (Fsp3) is 0.474. The van der Waals surface area contributed by atoms with Gasteiger partial charge in [-0.1, -0.05) is 17.7 Å². The molecule has 0 radical (unpaired) electrons. The van der Waals surface area contributed by atoms with Gasteiger partial charge in [0.05, 0.1) is 6.61 Å². The van der Waals surface area contributed by atoms with Crippen LogP contribution in [0.2, 0.25) is 5.02 Å². The number of ether oxygens (including phenoxy) is 1. The van der Waals surface area contributed by atoms with Crippen molar-refractivity contribution in [3.63, 3.8) is 0 Å². The van der Waals surface area contributed by atoms with Gasteiger partial charge in [0.2, 0.25) is 0 Å². The van der Waals surface area contributed by atoms with Crippen molar-refractivity contribution in [3.05, 3.63) is 40.9 Å². The monoisotopic (exact) mass is 414 g/mol. The molecule has 2 aliphatic heterocycles. The van der Waals surface area contributed by atoms with Crippen LogP contribution in [0.25, 0.3) is 0 Å². The molecule has 1 saturated heterocycles. The molecule has 3 rings (SSSR count). The summed E-state index contributed by atoms with van der Waals surface area (Å²) < 4.78 is 5.85. The first-order valence-corrected chi connectivity index (χ1v) is 9.23. The van der Waals surface area contributed by atoms with Gasteiger partial charge in [-0.15, -0.1) is 0 Å². The summed E-state index contributed by atoms with van der Waals surface area (Å²) in [6, 6.07) is 6.58. The smallest absolute Gasteiger partial charge is 0.328 e. The van der Waals surface area contributed by atoms with E-state index >= 15 is 0 Å². The minimum absolute atomic E-state index is 0. The topological polar surface area (TPSA) is 122 Å². The Morgan fingerprint density at radius 1 is 1.14 bits per heavy atom. The number of carboxylic acids is 2. The average Bonchev–Trinajstić information content (AvgIpc) is 2.83. The van der Waals surface area contributed by atoms with Crippen LogP contribution in [0, 0.1) is 0 Å². The maximum absolute atomic E-state index is 9.55. The van der Waals surface area contributed by atoms with Crippen molar-refractivity contribution in [2.24, 2.45) is 0 Å². The molecule has 156 valence electrons. The Bertz CT molecular complexity index is 673. The average molecular weight is 415 g/mol. The summed E-state index contributed by atoms with van der Waals surface area (Å²) >= 11 is 6.08. The molecule has 0 amide bonds. The number of benzene rings is 1. The minimum Gasteiger partial charge on any atom is -0.493 e. The SMILES string of the molecule is CN1CCN(C2CCCOc3cc(Cl)ccc32)CC1.O.O=C(O)/C=C\C(=O)O. The van der Waals surface area contributed by atoms with Gasteiger partial charge in [0.25, 0.3) is 0 Å². The predicted octanol–water partition coefficient (Wildman–Crippen LogP) is 1.69. The third-order valence-electron chi connectivity index (χ3n) is 4.56. The molecule has 2 heterocycles. The zero-order valence-electron chi connectivity index (χ0n) is 15.8. The number of hydrogen-bond donors (Lipinski definition) is 2. The van der Waals surface area contributed by atoms with Gasteiger partial charge in [0, 0.05) is 55.0 Å². The second-order valence-electron chi connectivity index (χ2n) is 6.54. The zero-order valence-corrected chi connectivity index (χ0v) is 16.6. The summed E-state index contributed by atoms with van der Waals surface area (Å²) in [5, 5.41) is 16.4. The number of aliphatic carboxylic acids is 2. The highest BCUT2D eigenvalue weighted by Gasteiger charge is 2.27. The van der Waals surface area contributed by atoms with Gasteiger partial charge in [0.15, 0.2) is 0 Å². The van der Waals surface area contributed by atoms with Crippen LogP contribution in [0.1, 0.15) is 24.4 Å². The van der Waals surface area contributed by atoms with Crippen molar-refractivity contribution in [1.29, 1.82) is 0 Å². The second kappa shape index (κ2) is 11.7. The van der Waals surface area contributed by atoms with Gasteiger partial charge in [-0.25, -0.2) is 9.59 Å². The number of carboxylic acid groups (broad SMARTS) is 2. The summed E-state index contributed by atoms with van der Waals surface area (Å²) in [6.07, 6.45) is 3.41. The Morgan fingerprint density at radius 2 is 1.75 bits per heavy atom. The van der Waals surface area contributed by atoms with E-state index in [9.17, 15) is 9.59 Å². The lowest BCUT2D eigenvalue weighted by Crippen LogP contribution is -2.45. The molecule has 0 spiro atoms. The van der Waals surface area contributed by atoms with Crippen molar-refractivity contribution in [2.45, 2.75) is 18.9 Å². The largest absolute Gasteiger partial charge is 0.493 e. The van der Waals surface area contributed by atoms with E-state index in [0.29, 0.717) is 18.2 Å². The highest BCUT2D eigenvalue weighted by atomic mass is 35.5. The number of hydrogen-bond acceptors (Lipinski definition) is 5. The maximum Gasteiger partial charge on any atom is 0.328 e. The van der Waals surface area contributed by atoms with Crippen LogP contribution in [0.5, 0.6) is 5.75 Å². The summed E-state index contributed by atoms with van der Waals surface area (Å²) in [5.74, 6) is -1.53. The Morgan fingerprint density at radius 3 is 2.32 bits per heavy atom. The molecule has 0 aromatic heterocycles. The van der Waals surface area contributed by atoms with E-state index in [0.717, 1.165) is 50.0 Å². The number of fused-ring (bicyclic) bond motifs is 1. The van der Waals surface area contributed by atoms with E-state index < -0.39 is 11.9 Å². The van der Waals surface area contributed by atoms with Crippen molar-refractivity contribution in [2.75, 3.05) is 39.8 Å². The van der Waals surface area contributed by atoms with Gasteiger partial charge in [-0.2, -0.15) is 0 Å². The van der Waals surface area contributed by atoms with Crippen LogP contribution in [-0.4, -0.2) is 77.3 Å². The Labute approximate surface area is 169 Å². The number of carbonyl (C=O) groups is 2. The van der Waals surface area contributed by atoms with E-state index in [1.54, 1.807) is 0 Å². The number of nitrogens with zero attached hydrogens (tertiary/aromatic N) is 2. The lowest BCUT2D eigenvalue weighted by atomic mass is 9.99. The molecule has 1 unspecified atom stereocenters. The lowest BCUT2D eigenvalue weighted by Gasteiger charge is -2.38. The lowest BCUT2D eigenvalue weighted by molar-refractivity contribution is -0.134. The van der Waals surface area contributed by atoms with E-state index in [1.807, 2.05) is 12.1 Å². The Kier molecular flexibility index (Phi) is 9.95. The van der Waals surface area contributed by atoms with Crippen LogP contribution >= 0.6 is 11.6 Å². The summed E-state index contributed by atoms with van der Waals surface area (Å²) in [4.78, 5) is 24.1. The molecule has 0 bridgehead atoms. The predicted molar refractivity (Wildman–Crippen MR) is 106 cm³/mol. The molecule has 0 aliphatic carbocycles. The fourth-order valence-corrected chi connectivity index (χ4v) is 3.34. The highest BCUT2D eigenvalue weighted by Crippen LogP contribution is 2.37. The molecular formula is C19H27ClN2O6. The molecule has 0 saturated carbocycles. The number of rotatable bonds is 3. The first-order valence-electron chi connectivity index (χ1n) is 8.85. The maximum atomic E-state index is 9.55. The Hall–Kier alpha value is -2.13. The molecule has 9 heteroatoms. The van der Waals surface area contributed by atoms with Gasteiger partial charge in [-0.05, 0) is 32.0 Å². The highest BCUT2D eigenvalue weighted by molar-refractivity contribution is 6.30. The molecule has 28 heavy (non-hydrogen) atoms. The number of piperazine rings is 1. The van der Waals surface area contributed by atoms with E-state index in [2.05, 4.69) is 22.9 Å². The van der Waals surface area contributed by atoms with Crippen molar-refractivity contribution in [1.82, 2.24) is 9.80 Å². The van der Waals surface area contributed by atoms with Crippen LogP contribution in [-0.2, 0) is 9.59 Å². The summed E-state index contributed by atoms with van der Waals surface area (Å²) in [6.45, 7) is 5.39. The van der Waals surface area contributed by atoms with Gasteiger partial charge in [0.1, 0.15) is 5.75 Å². The van der Waals surface area contributed by atoms with Crippen molar-refractivity contribution in [3.8, 4) is 5.75 Å². The molecule has 1 aromatic carbocycles. The normalized spacial score (nSPS) is 20.0. The van der Waals surface area contributed by atoms with E-state index in [4.69, 9.17) is 26.6 Å². The van der Waals surface area contributed by atoms with Gasteiger partial charge in [-0.3, -0.25) is 4.90 Å². The van der Waals surface area contributed by atoms with Crippen LogP contribution < -0.4 is 4.74 Å². The minimum atomic E-state index is -1.26. The molecule has 1 atom stereocenters. The zero-order chi connectivity index (χ0) is 19.8. The summed E-state index contributed by atoms with van der Waals surface area (Å²) in [7, 11) is 2.20. The Balaban J connectivity index is 0.000000376. The molecular weight excluding hydrogens is 388 g/mol. The van der Waals surface area contributed by atoms with Crippen molar-refractivity contribution < 1.29 is 30.0 Å². The third kappa shape index (κ3) is 7.47. The van der Waals surface area contributed by atoms with Gasteiger partial charge >= 0.3 is 11.9 Å². The van der Waals surface area contributed by atoms with Crippen LogP contribution in [0.15, 0.2) is 30.4 Å². The fourth-order valence-electron chi connectivity index (χ4n) is 3.18. The molecule has 1 fully saturated rings. The molecule has 4 N–H and O–H groups in total. The molecule has 2 aliphatic rings. The van der Waals surface area contributed by atoms with Gasteiger partial charge < -0.3 is 25.3 Å². The number of halogens is 1. The van der Waals surface area contributed by atoms with Crippen LogP contribution in [0.3, 0.4) is 0 Å². The van der Waals surface area contributed by atoms with E-state index in [1.165, 1.54) is 12.0 Å². The summed E-state index contributed by atoms with van der Waals surface area (Å²) in [5.41, 5.74) is 1.31. The molecule has 8 nitrogen and oxygen atoms in total. The van der Waals surface area contributed by atoms with E-state index in [-0.39, 0.29) is 5.48 Å². The molecule has 1 aromatic rings. The van der Waals surface area contributed by atoms with Crippen molar-refractivity contribution >= 4 is 23.5 Å². The van der Waals surface area contributed by atoms with Crippen LogP contribution in [0.4, 0.5) is 0 Å². The second-order valence-corrected chi connectivity index (χ2v) is 6.97. The standard InChI is InChI=1S/C15H21ClN2O.C4H4O4.H2O/c1-17-6-8-18(9-7-17)14-3-2-10-19-15-11-12(16)4-5-13(14)15;5-3(6)1-2-4(7)8;/h4-5,11,14H,2-3,6-10H2,1H3;1-2H,(H,5,6)(H,7,8);1H2/b;2-1-;. The third-order valence-corrected chi connectivity index (χ3v) is 4.80.